The van der Waals surface area contributed by atoms with Crippen molar-refractivity contribution in [1.29, 1.82) is 0 Å². The highest BCUT2D eigenvalue weighted by atomic mass is 32.1. The van der Waals surface area contributed by atoms with E-state index in [0.29, 0.717) is 0 Å². The maximum atomic E-state index is 5.92. The monoisotopic (exact) mass is 525 g/mol. The fourth-order valence-corrected chi connectivity index (χ4v) is 9.66. The molecular weight excluding hydrogens is 499 g/mol. The van der Waals surface area contributed by atoms with E-state index in [9.17, 15) is 0 Å². The van der Waals surface area contributed by atoms with Gasteiger partial charge in [-0.15, -0.1) is 22.7 Å². The molecular formula is C27H27NO2S4. The van der Waals surface area contributed by atoms with Gasteiger partial charge in [0.15, 0.2) is 5.06 Å². The number of unbranched alkanes of at least 4 members (excludes halogenated alkanes) is 5. The number of hydrogen-bond donors (Lipinski definition) is 1. The van der Waals surface area contributed by atoms with Crippen molar-refractivity contribution in [3.8, 4) is 10.1 Å². The van der Waals surface area contributed by atoms with Gasteiger partial charge in [-0.25, -0.2) is 0 Å². The van der Waals surface area contributed by atoms with Gasteiger partial charge in [-0.1, -0.05) is 86.0 Å². The van der Waals surface area contributed by atoms with E-state index < -0.39 is 0 Å². The average Bonchev–Trinajstić information content (AvgIpc) is 3.60. The highest BCUT2D eigenvalue weighted by Gasteiger charge is 2.18. The molecule has 0 unspecified atom stereocenters. The van der Waals surface area contributed by atoms with E-state index in [1.807, 2.05) is 22.7 Å². The molecule has 2 aromatic carbocycles. The van der Waals surface area contributed by atoms with Gasteiger partial charge in [0.05, 0.1) is 35.3 Å². The first kappa shape index (κ1) is 22.6. The zero-order valence-corrected chi connectivity index (χ0v) is 22.6. The third-order valence-corrected chi connectivity index (χ3v) is 11.4. The Morgan fingerprint density at radius 2 is 1.21 bits per heavy atom. The van der Waals surface area contributed by atoms with Gasteiger partial charge in [0.1, 0.15) is 0 Å². The summed E-state index contributed by atoms with van der Waals surface area (Å²) in [5, 5.41) is 7.17. The fourth-order valence-electron chi connectivity index (χ4n) is 4.57. The molecule has 0 amide bonds. The first-order chi connectivity index (χ1) is 16.8. The zero-order valence-electron chi connectivity index (χ0n) is 19.4. The smallest absolute Gasteiger partial charge is 0.201 e. The summed E-state index contributed by atoms with van der Waals surface area (Å²) in [6, 6.07) is 13.4. The Kier molecular flexibility index (Phi) is 6.39. The normalized spacial score (nSPS) is 12.2. The molecule has 0 atom stereocenters. The van der Waals surface area contributed by atoms with E-state index in [1.165, 1.54) is 81.8 Å². The summed E-state index contributed by atoms with van der Waals surface area (Å²) in [6.07, 6.45) is 7.76. The van der Waals surface area contributed by atoms with Crippen LogP contribution in [-0.4, -0.2) is 13.7 Å². The molecule has 0 aliphatic heterocycles. The number of benzene rings is 2. The molecule has 0 bridgehead atoms. The van der Waals surface area contributed by atoms with Crippen molar-refractivity contribution < 1.29 is 9.57 Å². The lowest BCUT2D eigenvalue weighted by Gasteiger charge is -2.04. The molecule has 34 heavy (non-hydrogen) atoms. The van der Waals surface area contributed by atoms with Crippen LogP contribution in [0.4, 0.5) is 0 Å². The number of hydrogen-bond acceptors (Lipinski definition) is 7. The van der Waals surface area contributed by atoms with Crippen LogP contribution in [0, 0.1) is 0 Å². The molecule has 1 N–H and O–H groups in total. The first-order valence-electron chi connectivity index (χ1n) is 11.9. The van der Waals surface area contributed by atoms with Gasteiger partial charge < -0.3 is 9.57 Å². The highest BCUT2D eigenvalue weighted by molar-refractivity contribution is 7.40. The van der Waals surface area contributed by atoms with Crippen LogP contribution < -0.4 is 15.1 Å². The van der Waals surface area contributed by atoms with Crippen LogP contribution in [-0.2, 0) is 0 Å². The lowest BCUT2D eigenvalue weighted by Crippen LogP contribution is -2.18. The fraction of sp³-hybridized carbons (Fsp3) is 0.333. The third kappa shape index (κ3) is 3.97. The van der Waals surface area contributed by atoms with Crippen LogP contribution in [0.1, 0.15) is 45.4 Å². The van der Waals surface area contributed by atoms with Crippen molar-refractivity contribution in [3.63, 3.8) is 0 Å². The third-order valence-electron chi connectivity index (χ3n) is 6.35. The SMILES string of the molecule is CCCCCCCCNOc1cc2ccc3c(sc4c5ccc6cc(OC)sc6c5sc34)c2s1. The van der Waals surface area contributed by atoms with E-state index in [1.54, 1.807) is 29.8 Å². The number of hydroxylamine groups is 1. The lowest BCUT2D eigenvalue weighted by atomic mass is 10.1. The maximum Gasteiger partial charge on any atom is 0.201 e. The molecule has 4 aromatic heterocycles. The van der Waals surface area contributed by atoms with Gasteiger partial charge in [0.2, 0.25) is 5.06 Å². The Morgan fingerprint density at radius 1 is 0.647 bits per heavy atom. The zero-order chi connectivity index (χ0) is 23.1. The Hall–Kier alpha value is -1.90. The number of methoxy groups -OCH3 is 1. The van der Waals surface area contributed by atoms with Gasteiger partial charge in [-0.05, 0) is 23.3 Å². The van der Waals surface area contributed by atoms with Crippen molar-refractivity contribution in [2.45, 2.75) is 45.4 Å². The van der Waals surface area contributed by atoms with E-state index >= 15 is 0 Å². The largest absolute Gasteiger partial charge is 0.487 e. The summed E-state index contributed by atoms with van der Waals surface area (Å²) in [6.45, 7) is 3.16. The van der Waals surface area contributed by atoms with E-state index in [2.05, 4.69) is 48.8 Å². The number of nitrogens with one attached hydrogen (secondary N) is 1. The molecule has 3 nitrogen and oxygen atoms in total. The second kappa shape index (κ2) is 9.63. The van der Waals surface area contributed by atoms with Crippen molar-refractivity contribution in [1.82, 2.24) is 5.48 Å². The van der Waals surface area contributed by atoms with Crippen LogP contribution in [0.25, 0.3) is 49.7 Å². The first-order valence-corrected chi connectivity index (χ1v) is 15.2. The molecule has 176 valence electrons. The Labute approximate surface area is 214 Å². The summed E-state index contributed by atoms with van der Waals surface area (Å²) >= 11 is 7.33. The minimum Gasteiger partial charge on any atom is -0.487 e. The van der Waals surface area contributed by atoms with Gasteiger partial charge in [0, 0.05) is 23.4 Å². The van der Waals surface area contributed by atoms with Crippen LogP contribution in [0.2, 0.25) is 0 Å². The Balaban J connectivity index is 1.27. The molecule has 0 spiro atoms. The van der Waals surface area contributed by atoms with Gasteiger partial charge >= 0.3 is 0 Å². The summed E-state index contributed by atoms with van der Waals surface area (Å²) in [5.74, 6) is 0. The molecule has 0 radical (unpaired) electrons. The quantitative estimate of drug-likeness (QED) is 0.143. The standard InChI is InChI=1S/C27H27NO2S4/c1-3-4-5-6-7-8-13-28-30-21-15-17-10-12-19-25(23(17)32-21)34-26-18-11-9-16-14-20(29-2)31-22(16)24(18)33-27(19)26/h9-12,14-15,28H,3-8,13H2,1-2H3. The van der Waals surface area contributed by atoms with Crippen LogP contribution in [0.15, 0.2) is 36.4 Å². The lowest BCUT2D eigenvalue weighted by molar-refractivity contribution is 0.200. The van der Waals surface area contributed by atoms with Crippen molar-refractivity contribution in [2.75, 3.05) is 13.7 Å². The molecule has 6 aromatic rings. The molecule has 0 aliphatic carbocycles. The molecule has 7 heteroatoms. The van der Waals surface area contributed by atoms with Crippen molar-refractivity contribution in [2.24, 2.45) is 0 Å². The van der Waals surface area contributed by atoms with Gasteiger partial charge in [-0.3, -0.25) is 0 Å². The molecule has 4 heterocycles. The van der Waals surface area contributed by atoms with Gasteiger partial charge in [-0.2, -0.15) is 5.48 Å². The molecule has 0 saturated carbocycles. The Morgan fingerprint density at radius 3 is 1.85 bits per heavy atom. The highest BCUT2D eigenvalue weighted by Crippen LogP contribution is 2.51. The van der Waals surface area contributed by atoms with Crippen LogP contribution >= 0.6 is 45.3 Å². The predicted molar refractivity (Wildman–Crippen MR) is 154 cm³/mol. The van der Waals surface area contributed by atoms with Crippen molar-refractivity contribution >= 4 is 95.1 Å². The summed E-state index contributed by atoms with van der Waals surface area (Å²) in [4.78, 5) is 5.92. The second-order valence-corrected chi connectivity index (χ2v) is 12.8. The summed E-state index contributed by atoms with van der Waals surface area (Å²) in [7, 11) is 1.75. The topological polar surface area (TPSA) is 30.5 Å². The minimum absolute atomic E-state index is 0.901. The average molecular weight is 526 g/mol. The molecule has 0 fully saturated rings. The number of fused-ring (bicyclic) bond motifs is 9. The van der Waals surface area contributed by atoms with Crippen LogP contribution in [0.3, 0.4) is 0 Å². The van der Waals surface area contributed by atoms with E-state index in [-0.39, 0.29) is 0 Å². The van der Waals surface area contributed by atoms with Crippen molar-refractivity contribution in [3.05, 3.63) is 36.4 Å². The number of thiophene rings is 4. The molecule has 0 aliphatic rings. The maximum absolute atomic E-state index is 5.92. The van der Waals surface area contributed by atoms with Gasteiger partial charge in [0.25, 0.3) is 0 Å². The Bertz CT molecular complexity index is 1600. The number of ether oxygens (including phenoxy) is 1. The van der Waals surface area contributed by atoms with E-state index in [4.69, 9.17) is 9.57 Å². The predicted octanol–water partition coefficient (Wildman–Crippen LogP) is 9.95. The molecule has 6 rings (SSSR count). The van der Waals surface area contributed by atoms with Crippen LogP contribution in [0.5, 0.6) is 10.1 Å². The summed E-state index contributed by atoms with van der Waals surface area (Å²) in [5.41, 5.74) is 3.18. The summed E-state index contributed by atoms with van der Waals surface area (Å²) < 4.78 is 13.7. The molecule has 0 saturated heterocycles. The second-order valence-electron chi connectivity index (χ2n) is 8.68. The minimum atomic E-state index is 0.901. The van der Waals surface area contributed by atoms with E-state index in [0.717, 1.165) is 23.1 Å². The number of rotatable bonds is 10.